The molecular weight excluding hydrogens is 290 g/mol. The molecule has 3 N–H and O–H groups in total. The molecule has 0 aromatic heterocycles. The Kier molecular flexibility index (Phi) is 6.12. The zero-order valence-electron chi connectivity index (χ0n) is 12.0. The van der Waals surface area contributed by atoms with Crippen LogP contribution in [0.5, 0.6) is 0 Å². The Bertz CT molecular complexity index is 466. The SMILES string of the molecule is CC(=O)NCCCS(=O)(=O)OC(O)(C(=O)O)C(C)(C)C. The molecule has 0 bridgehead atoms. The summed E-state index contributed by atoms with van der Waals surface area (Å²) in [6.07, 6.45) is 0.0434. The van der Waals surface area contributed by atoms with Gasteiger partial charge in [-0.3, -0.25) is 4.79 Å². The summed E-state index contributed by atoms with van der Waals surface area (Å²) in [6, 6.07) is 0. The highest BCUT2D eigenvalue weighted by Gasteiger charge is 2.52. The van der Waals surface area contributed by atoms with Crippen molar-refractivity contribution >= 4 is 22.0 Å². The van der Waals surface area contributed by atoms with Gasteiger partial charge in [-0.25, -0.2) is 8.98 Å². The third kappa shape index (κ3) is 5.43. The summed E-state index contributed by atoms with van der Waals surface area (Å²) >= 11 is 0. The van der Waals surface area contributed by atoms with E-state index in [1.54, 1.807) is 0 Å². The number of carboxylic acids is 1. The lowest BCUT2D eigenvalue weighted by atomic mass is 9.86. The van der Waals surface area contributed by atoms with Crippen LogP contribution in [0.4, 0.5) is 0 Å². The van der Waals surface area contributed by atoms with Crippen LogP contribution >= 0.6 is 0 Å². The fraction of sp³-hybridized carbons (Fsp3) is 0.818. The van der Waals surface area contributed by atoms with Gasteiger partial charge in [-0.15, -0.1) is 0 Å². The maximum Gasteiger partial charge on any atom is 0.366 e. The predicted molar refractivity (Wildman–Crippen MR) is 70.2 cm³/mol. The van der Waals surface area contributed by atoms with Crippen LogP contribution < -0.4 is 5.32 Å². The highest BCUT2D eigenvalue weighted by molar-refractivity contribution is 7.86. The van der Waals surface area contributed by atoms with E-state index < -0.39 is 33.0 Å². The van der Waals surface area contributed by atoms with Gasteiger partial charge in [-0.05, 0) is 6.42 Å². The molecule has 0 saturated carbocycles. The van der Waals surface area contributed by atoms with E-state index in [1.165, 1.54) is 27.7 Å². The Hall–Kier alpha value is -1.19. The predicted octanol–water partition coefficient (Wildman–Crippen LogP) is -0.322. The van der Waals surface area contributed by atoms with Crippen LogP contribution in [0.1, 0.15) is 34.1 Å². The Morgan fingerprint density at radius 3 is 2.10 bits per heavy atom. The lowest BCUT2D eigenvalue weighted by molar-refractivity contribution is -0.224. The third-order valence-corrected chi connectivity index (χ3v) is 3.78. The number of hydrogen-bond acceptors (Lipinski definition) is 6. The number of rotatable bonds is 7. The molecule has 0 saturated heterocycles. The van der Waals surface area contributed by atoms with E-state index in [4.69, 9.17) is 5.11 Å². The topological polar surface area (TPSA) is 130 Å². The maximum absolute atomic E-state index is 11.7. The van der Waals surface area contributed by atoms with E-state index >= 15 is 0 Å². The molecule has 0 rings (SSSR count). The van der Waals surface area contributed by atoms with Gasteiger partial charge in [0, 0.05) is 18.9 Å². The molecule has 1 amide bonds. The van der Waals surface area contributed by atoms with E-state index in [-0.39, 0.29) is 18.9 Å². The Balaban J connectivity index is 4.80. The lowest BCUT2D eigenvalue weighted by Crippen LogP contribution is -2.53. The molecule has 8 nitrogen and oxygen atoms in total. The van der Waals surface area contributed by atoms with Gasteiger partial charge < -0.3 is 15.5 Å². The van der Waals surface area contributed by atoms with Gasteiger partial charge in [0.1, 0.15) is 0 Å². The number of hydrogen-bond donors (Lipinski definition) is 3. The molecule has 0 radical (unpaired) electrons. The Morgan fingerprint density at radius 2 is 1.75 bits per heavy atom. The maximum atomic E-state index is 11.7. The van der Waals surface area contributed by atoms with Gasteiger partial charge in [0.25, 0.3) is 15.9 Å². The van der Waals surface area contributed by atoms with Crippen molar-refractivity contribution in [2.75, 3.05) is 12.3 Å². The first-order valence-corrected chi connectivity index (χ1v) is 7.53. The molecule has 0 spiro atoms. The van der Waals surface area contributed by atoms with Crippen molar-refractivity contribution in [3.8, 4) is 0 Å². The van der Waals surface area contributed by atoms with Crippen molar-refractivity contribution in [2.24, 2.45) is 5.41 Å². The van der Waals surface area contributed by atoms with Gasteiger partial charge in [0.15, 0.2) is 0 Å². The second-order valence-corrected chi connectivity index (χ2v) is 7.07. The van der Waals surface area contributed by atoms with Crippen molar-refractivity contribution in [3.63, 3.8) is 0 Å². The molecule has 9 heteroatoms. The van der Waals surface area contributed by atoms with Crippen molar-refractivity contribution in [3.05, 3.63) is 0 Å². The number of carbonyl (C=O) groups excluding carboxylic acids is 1. The number of nitrogens with one attached hydrogen (secondary N) is 1. The first-order valence-electron chi connectivity index (χ1n) is 5.95. The molecule has 1 atom stereocenters. The quantitative estimate of drug-likeness (QED) is 0.333. The normalized spacial score (nSPS) is 15.4. The largest absolute Gasteiger partial charge is 0.477 e. The Labute approximate surface area is 118 Å². The van der Waals surface area contributed by atoms with Crippen LogP contribution in [0.15, 0.2) is 0 Å². The minimum atomic E-state index is -4.25. The fourth-order valence-electron chi connectivity index (χ4n) is 1.22. The number of carbonyl (C=O) groups is 2. The van der Waals surface area contributed by atoms with Gasteiger partial charge in [0.2, 0.25) is 5.91 Å². The van der Waals surface area contributed by atoms with Crippen molar-refractivity contribution < 1.29 is 32.4 Å². The lowest BCUT2D eigenvalue weighted by Gasteiger charge is -2.34. The zero-order chi connectivity index (χ0) is 16.2. The van der Waals surface area contributed by atoms with Crippen molar-refractivity contribution in [2.45, 2.75) is 39.9 Å². The summed E-state index contributed by atoms with van der Waals surface area (Å²) in [5, 5.41) is 21.3. The molecule has 0 aliphatic heterocycles. The number of carboxylic acid groups (broad SMARTS) is 1. The number of aliphatic hydroxyl groups is 1. The molecule has 0 fully saturated rings. The van der Waals surface area contributed by atoms with E-state index in [2.05, 4.69) is 9.50 Å². The summed E-state index contributed by atoms with van der Waals surface area (Å²) in [5.41, 5.74) is -1.34. The van der Waals surface area contributed by atoms with Crippen LogP contribution in [0.3, 0.4) is 0 Å². The Morgan fingerprint density at radius 1 is 1.25 bits per heavy atom. The highest BCUT2D eigenvalue weighted by Crippen LogP contribution is 2.33. The molecule has 0 heterocycles. The fourth-order valence-corrected chi connectivity index (χ4v) is 2.49. The van der Waals surface area contributed by atoms with Gasteiger partial charge in [-0.1, -0.05) is 20.8 Å². The summed E-state index contributed by atoms with van der Waals surface area (Å²) in [6.45, 7) is 5.42. The summed E-state index contributed by atoms with van der Waals surface area (Å²) in [5.74, 6) is -5.45. The molecule has 0 aliphatic carbocycles. The van der Waals surface area contributed by atoms with Crippen LogP contribution in [0.25, 0.3) is 0 Å². The van der Waals surface area contributed by atoms with Gasteiger partial charge in [-0.2, -0.15) is 8.42 Å². The first kappa shape index (κ1) is 18.8. The average Bonchev–Trinajstić information content (AvgIpc) is 2.21. The third-order valence-electron chi connectivity index (χ3n) is 2.50. The van der Waals surface area contributed by atoms with Crippen LogP contribution in [-0.4, -0.2) is 48.6 Å². The van der Waals surface area contributed by atoms with Gasteiger partial charge in [0.05, 0.1) is 5.75 Å². The van der Waals surface area contributed by atoms with Gasteiger partial charge >= 0.3 is 5.97 Å². The average molecular weight is 311 g/mol. The smallest absolute Gasteiger partial charge is 0.366 e. The molecular formula is C11H21NO7S. The first-order chi connectivity index (χ1) is 8.82. The number of amides is 1. The van der Waals surface area contributed by atoms with Crippen LogP contribution in [0.2, 0.25) is 0 Å². The second-order valence-electron chi connectivity index (χ2n) is 5.38. The van der Waals surface area contributed by atoms with E-state index in [1.807, 2.05) is 0 Å². The van der Waals surface area contributed by atoms with E-state index in [0.717, 1.165) is 0 Å². The molecule has 1 unspecified atom stereocenters. The van der Waals surface area contributed by atoms with Crippen molar-refractivity contribution in [1.82, 2.24) is 5.32 Å². The molecule has 0 aromatic rings. The molecule has 0 aliphatic rings. The molecule has 0 aromatic carbocycles. The van der Waals surface area contributed by atoms with Crippen molar-refractivity contribution in [1.29, 1.82) is 0 Å². The standard InChI is InChI=1S/C11H21NO7S/c1-8(13)12-6-5-7-20(17,18)19-11(16,9(14)15)10(2,3)4/h16H,5-7H2,1-4H3,(H,12,13)(H,14,15). The summed E-state index contributed by atoms with van der Waals surface area (Å²) in [4.78, 5) is 21.7. The minimum absolute atomic E-state index is 0.0434. The van der Waals surface area contributed by atoms with E-state index in [0.29, 0.717) is 0 Å². The molecule has 20 heavy (non-hydrogen) atoms. The highest BCUT2D eigenvalue weighted by atomic mass is 32.2. The van der Waals surface area contributed by atoms with Crippen LogP contribution in [-0.2, 0) is 23.9 Å². The zero-order valence-corrected chi connectivity index (χ0v) is 12.8. The molecule has 118 valence electrons. The monoisotopic (exact) mass is 311 g/mol. The number of aliphatic carboxylic acids is 1. The second kappa shape index (κ2) is 6.51. The van der Waals surface area contributed by atoms with Crippen LogP contribution in [0, 0.1) is 5.41 Å². The summed E-state index contributed by atoms with van der Waals surface area (Å²) < 4.78 is 27.8. The minimum Gasteiger partial charge on any atom is -0.477 e. The summed E-state index contributed by atoms with van der Waals surface area (Å²) in [7, 11) is -4.25. The van der Waals surface area contributed by atoms with E-state index in [9.17, 15) is 23.1 Å².